The highest BCUT2D eigenvalue weighted by molar-refractivity contribution is 6.06. The van der Waals surface area contributed by atoms with Gasteiger partial charge in [-0.25, -0.2) is 0 Å². The van der Waals surface area contributed by atoms with Crippen LogP contribution in [0.1, 0.15) is 22.6 Å². The highest BCUT2D eigenvalue weighted by Gasteiger charge is 2.19. The van der Waals surface area contributed by atoms with Gasteiger partial charge in [0, 0.05) is 16.7 Å². The molecule has 1 heterocycles. The molecule has 0 bridgehead atoms. The van der Waals surface area contributed by atoms with Gasteiger partial charge in [-0.15, -0.1) is 0 Å². The monoisotopic (exact) mass is 714 g/mol. The third-order valence-electron chi connectivity index (χ3n) is 11.0. The first kappa shape index (κ1) is 33.4. The molecule has 1 aromatic heterocycles. The van der Waals surface area contributed by atoms with Crippen LogP contribution < -0.4 is 0 Å². The normalized spacial score (nSPS) is 11.4. The maximum absolute atomic E-state index is 6.16. The smallest absolute Gasteiger partial charge is 0.135 e. The number of fused-ring (bicyclic) bond motifs is 3. The summed E-state index contributed by atoms with van der Waals surface area (Å²) < 4.78 is 6.16. The quantitative estimate of drug-likeness (QED) is 0.143. The molecule has 0 N–H and O–H groups in total. The predicted octanol–water partition coefficient (Wildman–Crippen LogP) is 15.1. The van der Waals surface area contributed by atoms with Crippen LogP contribution in [0.2, 0.25) is 0 Å². The topological polar surface area (TPSA) is 13.1 Å². The fourth-order valence-corrected chi connectivity index (χ4v) is 8.13. The zero-order valence-electron chi connectivity index (χ0n) is 30.8. The Hall–Kier alpha value is -7.22. The molecule has 56 heavy (non-hydrogen) atoms. The Labute approximate surface area is 327 Å². The summed E-state index contributed by atoms with van der Waals surface area (Å²) in [6.45, 7) is 0. The Morgan fingerprint density at radius 2 is 0.625 bits per heavy atom. The first-order valence-electron chi connectivity index (χ1n) is 19.3. The molecule has 10 rings (SSSR count). The van der Waals surface area contributed by atoms with Gasteiger partial charge in [-0.05, 0) is 103 Å². The van der Waals surface area contributed by atoms with Crippen molar-refractivity contribution in [3.05, 3.63) is 241 Å². The summed E-state index contributed by atoms with van der Waals surface area (Å²) in [5, 5.41) is 2.28. The molecule has 0 spiro atoms. The van der Waals surface area contributed by atoms with E-state index in [0.29, 0.717) is 0 Å². The molecular formula is C55H38O. The van der Waals surface area contributed by atoms with Crippen molar-refractivity contribution in [2.24, 2.45) is 0 Å². The molecule has 0 amide bonds. The van der Waals surface area contributed by atoms with E-state index in [9.17, 15) is 0 Å². The fourth-order valence-electron chi connectivity index (χ4n) is 8.13. The van der Waals surface area contributed by atoms with Gasteiger partial charge in [-0.2, -0.15) is 0 Å². The molecule has 0 fully saturated rings. The van der Waals surface area contributed by atoms with Crippen LogP contribution in [0.5, 0.6) is 0 Å². The average molecular weight is 715 g/mol. The maximum atomic E-state index is 6.16. The fraction of sp³-hybridized carbons (Fsp3) is 0.0182. The molecule has 0 saturated heterocycles. The summed E-state index contributed by atoms with van der Waals surface area (Å²) in [4.78, 5) is 0. The van der Waals surface area contributed by atoms with Gasteiger partial charge in [-0.3, -0.25) is 0 Å². The van der Waals surface area contributed by atoms with Gasteiger partial charge in [0.2, 0.25) is 0 Å². The minimum atomic E-state index is 0.0304. The molecule has 9 aromatic carbocycles. The Kier molecular flexibility index (Phi) is 8.67. The van der Waals surface area contributed by atoms with Crippen molar-refractivity contribution >= 4 is 21.9 Å². The van der Waals surface area contributed by atoms with Gasteiger partial charge in [0.15, 0.2) is 0 Å². The summed E-state index contributed by atoms with van der Waals surface area (Å²) in [5.74, 6) is 0.0304. The Morgan fingerprint density at radius 1 is 0.232 bits per heavy atom. The third kappa shape index (κ3) is 6.50. The zero-order chi connectivity index (χ0) is 37.3. The van der Waals surface area contributed by atoms with Gasteiger partial charge in [-0.1, -0.05) is 194 Å². The van der Waals surface area contributed by atoms with Gasteiger partial charge in [0.25, 0.3) is 0 Å². The van der Waals surface area contributed by atoms with Crippen molar-refractivity contribution in [3.8, 4) is 55.6 Å². The molecular weight excluding hydrogens is 677 g/mol. The lowest BCUT2D eigenvalue weighted by Gasteiger charge is -2.21. The molecule has 10 aromatic rings. The Balaban J connectivity index is 1.04. The van der Waals surface area contributed by atoms with Crippen molar-refractivity contribution in [2.45, 2.75) is 5.92 Å². The molecule has 0 aliphatic carbocycles. The highest BCUT2D eigenvalue weighted by Crippen LogP contribution is 2.38. The number of rotatable bonds is 8. The molecule has 0 atom stereocenters. The van der Waals surface area contributed by atoms with E-state index in [-0.39, 0.29) is 5.92 Å². The largest absolute Gasteiger partial charge is 0.456 e. The summed E-state index contributed by atoms with van der Waals surface area (Å²) in [6.07, 6.45) is 0. The van der Waals surface area contributed by atoms with Crippen LogP contribution in [0.4, 0.5) is 0 Å². The van der Waals surface area contributed by atoms with E-state index in [1.54, 1.807) is 0 Å². The number of hydrogen-bond acceptors (Lipinski definition) is 1. The number of benzene rings is 9. The van der Waals surface area contributed by atoms with Gasteiger partial charge >= 0.3 is 0 Å². The predicted molar refractivity (Wildman–Crippen MR) is 235 cm³/mol. The molecule has 0 aliphatic heterocycles. The summed E-state index contributed by atoms with van der Waals surface area (Å²) in [7, 11) is 0. The van der Waals surface area contributed by atoms with Crippen molar-refractivity contribution in [1.29, 1.82) is 0 Å². The van der Waals surface area contributed by atoms with Gasteiger partial charge in [0.1, 0.15) is 11.2 Å². The third-order valence-corrected chi connectivity index (χ3v) is 11.0. The molecule has 0 radical (unpaired) electrons. The summed E-state index contributed by atoms with van der Waals surface area (Å²) >= 11 is 0. The molecule has 264 valence electrons. The maximum Gasteiger partial charge on any atom is 0.135 e. The minimum absolute atomic E-state index is 0.0304. The van der Waals surface area contributed by atoms with Crippen LogP contribution in [0.3, 0.4) is 0 Å². The Morgan fingerprint density at radius 3 is 1.18 bits per heavy atom. The van der Waals surface area contributed by atoms with Crippen LogP contribution in [-0.4, -0.2) is 0 Å². The van der Waals surface area contributed by atoms with Crippen LogP contribution in [0.25, 0.3) is 77.6 Å². The highest BCUT2D eigenvalue weighted by atomic mass is 16.3. The number of hydrogen-bond donors (Lipinski definition) is 0. The van der Waals surface area contributed by atoms with E-state index < -0.39 is 0 Å². The average Bonchev–Trinajstić information content (AvgIpc) is 3.66. The van der Waals surface area contributed by atoms with Crippen LogP contribution >= 0.6 is 0 Å². The van der Waals surface area contributed by atoms with Crippen molar-refractivity contribution in [1.82, 2.24) is 0 Å². The van der Waals surface area contributed by atoms with Crippen LogP contribution in [0, 0.1) is 0 Å². The van der Waals surface area contributed by atoms with Gasteiger partial charge < -0.3 is 4.42 Å². The molecule has 0 aliphatic rings. The van der Waals surface area contributed by atoms with E-state index in [1.807, 2.05) is 12.1 Å². The zero-order valence-corrected chi connectivity index (χ0v) is 30.8. The van der Waals surface area contributed by atoms with E-state index in [0.717, 1.165) is 21.9 Å². The second kappa shape index (κ2) is 14.5. The van der Waals surface area contributed by atoms with Crippen LogP contribution in [0.15, 0.2) is 229 Å². The van der Waals surface area contributed by atoms with Crippen molar-refractivity contribution in [2.75, 3.05) is 0 Å². The van der Waals surface area contributed by atoms with Crippen molar-refractivity contribution in [3.63, 3.8) is 0 Å². The Bertz CT molecular complexity index is 2810. The molecule has 0 saturated carbocycles. The van der Waals surface area contributed by atoms with E-state index in [1.165, 1.54) is 72.3 Å². The first-order valence-corrected chi connectivity index (χ1v) is 19.3. The van der Waals surface area contributed by atoms with Crippen LogP contribution in [-0.2, 0) is 0 Å². The van der Waals surface area contributed by atoms with Gasteiger partial charge in [0.05, 0.1) is 0 Å². The second-order valence-electron chi connectivity index (χ2n) is 14.5. The van der Waals surface area contributed by atoms with E-state index in [4.69, 9.17) is 4.42 Å². The second-order valence-corrected chi connectivity index (χ2v) is 14.5. The summed E-state index contributed by atoms with van der Waals surface area (Å²) in [6, 6.07) is 81.1. The molecule has 0 unspecified atom stereocenters. The number of furan rings is 1. The lowest BCUT2D eigenvalue weighted by atomic mass is 9.83. The minimum Gasteiger partial charge on any atom is -0.456 e. The van der Waals surface area contributed by atoms with E-state index in [2.05, 4.69) is 212 Å². The molecule has 1 heteroatoms. The van der Waals surface area contributed by atoms with E-state index >= 15 is 0 Å². The SMILES string of the molecule is c1ccc(-c2cccc(-c3ccc(C(c4ccc(-c5cccc(-c6ccccc6)c5)cc4)c4cccc(-c5ccc6oc7ccccc7c6c5)c4)cc3)c2)cc1. The molecule has 1 nitrogen and oxygen atoms in total. The first-order chi connectivity index (χ1) is 27.7. The lowest BCUT2D eigenvalue weighted by molar-refractivity contribution is 0.669. The standard InChI is InChI=1S/C55H38O/c1-3-12-38(13-4-1)44-16-9-18-46(34-44)40-24-28-42(29-25-40)55(43-30-26-41(27-31-43)47-19-10-17-45(35-47)39-14-5-2-6-15-39)50-21-11-20-48(36-50)49-32-33-54-52(37-49)51-22-7-8-23-53(51)56-54/h1-37,55H. The lowest BCUT2D eigenvalue weighted by Crippen LogP contribution is -2.04. The summed E-state index contributed by atoms with van der Waals surface area (Å²) in [5.41, 5.74) is 17.6. The number of para-hydroxylation sites is 1. The van der Waals surface area contributed by atoms with Crippen molar-refractivity contribution < 1.29 is 4.42 Å².